The SMILES string of the molecule is CCOP1(=O)CC(O)C(C)O1. The monoisotopic (exact) mass is 180 g/mol. The summed E-state index contributed by atoms with van der Waals surface area (Å²) in [7, 11) is -2.93. The zero-order valence-electron chi connectivity index (χ0n) is 6.69. The van der Waals surface area contributed by atoms with Crippen LogP contribution in [-0.2, 0) is 13.6 Å². The van der Waals surface area contributed by atoms with Crippen molar-refractivity contribution in [2.75, 3.05) is 12.8 Å². The van der Waals surface area contributed by atoms with Gasteiger partial charge in [-0.3, -0.25) is 4.57 Å². The molecule has 0 aromatic heterocycles. The summed E-state index contributed by atoms with van der Waals surface area (Å²) in [6.07, 6.45) is -0.887. The van der Waals surface area contributed by atoms with Gasteiger partial charge in [0, 0.05) is 0 Å². The van der Waals surface area contributed by atoms with E-state index < -0.39 is 13.7 Å². The van der Waals surface area contributed by atoms with Crippen LogP contribution in [0.1, 0.15) is 13.8 Å². The average molecular weight is 180 g/mol. The average Bonchev–Trinajstić information content (AvgIpc) is 2.08. The van der Waals surface area contributed by atoms with Gasteiger partial charge in [0.25, 0.3) is 0 Å². The van der Waals surface area contributed by atoms with Crippen LogP contribution in [-0.4, -0.2) is 30.1 Å². The van der Waals surface area contributed by atoms with Crippen molar-refractivity contribution in [2.24, 2.45) is 0 Å². The highest BCUT2D eigenvalue weighted by atomic mass is 31.2. The molecule has 1 saturated heterocycles. The van der Waals surface area contributed by atoms with Crippen LogP contribution < -0.4 is 0 Å². The molecule has 5 heteroatoms. The fourth-order valence-electron chi connectivity index (χ4n) is 1.02. The maximum absolute atomic E-state index is 11.4. The van der Waals surface area contributed by atoms with Crippen LogP contribution in [0.2, 0.25) is 0 Å². The molecule has 3 atom stereocenters. The topological polar surface area (TPSA) is 55.8 Å². The summed E-state index contributed by atoms with van der Waals surface area (Å²) in [6.45, 7) is 3.79. The maximum atomic E-state index is 11.4. The third-order valence-corrected chi connectivity index (χ3v) is 3.73. The number of hydrogen-bond acceptors (Lipinski definition) is 4. The van der Waals surface area contributed by atoms with Crippen LogP contribution >= 0.6 is 7.60 Å². The van der Waals surface area contributed by atoms with Gasteiger partial charge in [-0.2, -0.15) is 0 Å². The van der Waals surface area contributed by atoms with E-state index >= 15 is 0 Å². The van der Waals surface area contributed by atoms with Gasteiger partial charge in [-0.05, 0) is 13.8 Å². The van der Waals surface area contributed by atoms with Crippen LogP contribution in [0.25, 0.3) is 0 Å². The van der Waals surface area contributed by atoms with Gasteiger partial charge in [0.2, 0.25) is 0 Å². The van der Waals surface area contributed by atoms with E-state index in [1.54, 1.807) is 13.8 Å². The molecule has 0 aromatic rings. The third kappa shape index (κ3) is 2.03. The highest BCUT2D eigenvalue weighted by Crippen LogP contribution is 2.54. The van der Waals surface area contributed by atoms with E-state index in [9.17, 15) is 9.67 Å². The minimum absolute atomic E-state index is 0.127. The zero-order chi connectivity index (χ0) is 8.48. The molecule has 1 fully saturated rings. The Balaban J connectivity index is 2.57. The van der Waals surface area contributed by atoms with Gasteiger partial charge < -0.3 is 14.2 Å². The Morgan fingerprint density at radius 3 is 2.82 bits per heavy atom. The van der Waals surface area contributed by atoms with Gasteiger partial charge in [-0.1, -0.05) is 0 Å². The predicted molar refractivity (Wildman–Crippen MR) is 40.7 cm³/mol. The minimum atomic E-state index is -2.93. The summed E-state index contributed by atoms with van der Waals surface area (Å²) in [4.78, 5) is 0. The van der Waals surface area contributed by atoms with Crippen molar-refractivity contribution in [3.63, 3.8) is 0 Å². The van der Waals surface area contributed by atoms with E-state index in [0.717, 1.165) is 0 Å². The molecule has 1 heterocycles. The van der Waals surface area contributed by atoms with Crippen molar-refractivity contribution in [2.45, 2.75) is 26.1 Å². The molecule has 66 valence electrons. The molecule has 1 rings (SSSR count). The Hall–Kier alpha value is 0.110. The van der Waals surface area contributed by atoms with Crippen LogP contribution in [0.4, 0.5) is 0 Å². The Morgan fingerprint density at radius 1 is 1.82 bits per heavy atom. The lowest BCUT2D eigenvalue weighted by Gasteiger charge is -2.09. The fourth-order valence-corrected chi connectivity index (χ4v) is 3.07. The van der Waals surface area contributed by atoms with Crippen molar-refractivity contribution in [1.29, 1.82) is 0 Å². The maximum Gasteiger partial charge on any atom is 0.333 e. The molecule has 3 unspecified atom stereocenters. The van der Waals surface area contributed by atoms with Gasteiger partial charge in [0.15, 0.2) is 0 Å². The van der Waals surface area contributed by atoms with Crippen molar-refractivity contribution < 1.29 is 18.7 Å². The Labute approximate surface area is 66.0 Å². The van der Waals surface area contributed by atoms with E-state index in [1.807, 2.05) is 0 Å². The number of hydrogen-bond donors (Lipinski definition) is 1. The van der Waals surface area contributed by atoms with Gasteiger partial charge >= 0.3 is 7.60 Å². The molecular weight excluding hydrogens is 167 g/mol. The van der Waals surface area contributed by atoms with Gasteiger partial charge in [0.1, 0.15) is 0 Å². The van der Waals surface area contributed by atoms with E-state index in [-0.39, 0.29) is 12.3 Å². The lowest BCUT2D eigenvalue weighted by molar-refractivity contribution is 0.0877. The van der Waals surface area contributed by atoms with E-state index in [0.29, 0.717) is 6.61 Å². The predicted octanol–water partition coefficient (Wildman–Crippen LogP) is 0.996. The second-order valence-electron chi connectivity index (χ2n) is 2.59. The standard InChI is InChI=1S/C6H13O4P/c1-3-9-11(8)4-6(7)5(2)10-11/h5-7H,3-4H2,1-2H3. The van der Waals surface area contributed by atoms with Crippen molar-refractivity contribution in [3.05, 3.63) is 0 Å². The highest BCUT2D eigenvalue weighted by Gasteiger charge is 2.40. The Bertz CT molecular complexity index is 167. The van der Waals surface area contributed by atoms with Gasteiger partial charge in [0.05, 0.1) is 25.0 Å². The Kier molecular flexibility index (Phi) is 2.70. The summed E-state index contributed by atoms with van der Waals surface area (Å²) in [6, 6.07) is 0. The van der Waals surface area contributed by atoms with Crippen molar-refractivity contribution >= 4 is 7.60 Å². The molecule has 0 aliphatic carbocycles. The van der Waals surface area contributed by atoms with Crippen LogP contribution in [0.3, 0.4) is 0 Å². The van der Waals surface area contributed by atoms with Gasteiger partial charge in [-0.25, -0.2) is 0 Å². The van der Waals surface area contributed by atoms with E-state index in [2.05, 4.69) is 0 Å². The molecule has 0 bridgehead atoms. The smallest absolute Gasteiger partial charge is 0.333 e. The summed E-state index contributed by atoms with van der Waals surface area (Å²) >= 11 is 0. The molecule has 11 heavy (non-hydrogen) atoms. The zero-order valence-corrected chi connectivity index (χ0v) is 7.58. The quantitative estimate of drug-likeness (QED) is 0.644. The molecule has 0 radical (unpaired) electrons. The first-order valence-electron chi connectivity index (χ1n) is 3.67. The summed E-state index contributed by atoms with van der Waals surface area (Å²) in [5, 5.41) is 9.18. The molecule has 1 aliphatic rings. The van der Waals surface area contributed by atoms with Crippen molar-refractivity contribution in [3.8, 4) is 0 Å². The second-order valence-corrected chi connectivity index (χ2v) is 4.65. The van der Waals surface area contributed by atoms with E-state index in [1.165, 1.54) is 0 Å². The lowest BCUT2D eigenvalue weighted by Crippen LogP contribution is -2.18. The summed E-state index contributed by atoms with van der Waals surface area (Å²) < 4.78 is 21.3. The molecule has 1 aliphatic heterocycles. The molecule has 1 N–H and O–H groups in total. The van der Waals surface area contributed by atoms with Crippen LogP contribution in [0, 0.1) is 0 Å². The van der Waals surface area contributed by atoms with E-state index in [4.69, 9.17) is 9.05 Å². The molecule has 4 nitrogen and oxygen atoms in total. The number of rotatable bonds is 2. The van der Waals surface area contributed by atoms with Crippen LogP contribution in [0.5, 0.6) is 0 Å². The normalized spacial score (nSPS) is 44.6. The lowest BCUT2D eigenvalue weighted by atomic mass is 10.3. The first-order chi connectivity index (χ1) is 5.07. The molecule has 0 aromatic carbocycles. The molecule has 0 saturated carbocycles. The second kappa shape index (κ2) is 3.23. The summed E-state index contributed by atoms with van der Waals surface area (Å²) in [5.41, 5.74) is 0. The first-order valence-corrected chi connectivity index (χ1v) is 5.40. The minimum Gasteiger partial charge on any atom is -0.390 e. The molecule has 0 spiro atoms. The van der Waals surface area contributed by atoms with Crippen molar-refractivity contribution in [1.82, 2.24) is 0 Å². The van der Waals surface area contributed by atoms with Gasteiger partial charge in [-0.15, -0.1) is 0 Å². The number of aliphatic hydroxyl groups excluding tert-OH is 1. The summed E-state index contributed by atoms with van der Waals surface area (Å²) in [5.74, 6) is 0. The third-order valence-electron chi connectivity index (χ3n) is 1.61. The Morgan fingerprint density at radius 2 is 2.45 bits per heavy atom. The van der Waals surface area contributed by atoms with Crippen LogP contribution in [0.15, 0.2) is 0 Å². The number of aliphatic hydroxyl groups is 1. The molecule has 0 amide bonds. The fraction of sp³-hybridized carbons (Fsp3) is 1.00. The highest BCUT2D eigenvalue weighted by molar-refractivity contribution is 7.54. The molecular formula is C6H13O4P. The largest absolute Gasteiger partial charge is 0.390 e. The first kappa shape index (κ1) is 9.20.